The number of hydrogen-bond donors (Lipinski definition) is 1. The Morgan fingerprint density at radius 3 is 2.61 bits per heavy atom. The van der Waals surface area contributed by atoms with Gasteiger partial charge in [0.05, 0.1) is 0 Å². The van der Waals surface area contributed by atoms with Gasteiger partial charge in [-0.15, -0.1) is 0 Å². The lowest BCUT2D eigenvalue weighted by molar-refractivity contribution is 0.170. The van der Waals surface area contributed by atoms with Gasteiger partial charge in [-0.25, -0.2) is 0 Å². The van der Waals surface area contributed by atoms with Crippen LogP contribution in [0.3, 0.4) is 0 Å². The van der Waals surface area contributed by atoms with Gasteiger partial charge in [0.15, 0.2) is 11.5 Å². The van der Waals surface area contributed by atoms with Gasteiger partial charge in [0, 0.05) is 28.1 Å². The molecule has 1 heterocycles. The van der Waals surface area contributed by atoms with Crippen LogP contribution < -0.4 is 15.2 Å². The first-order valence-corrected chi connectivity index (χ1v) is 6.79. The Labute approximate surface area is 112 Å². The van der Waals surface area contributed by atoms with E-state index in [-0.39, 0.29) is 11.5 Å². The van der Waals surface area contributed by atoms with Crippen LogP contribution in [-0.4, -0.2) is 19.3 Å². The third-order valence-electron chi connectivity index (χ3n) is 4.18. The maximum absolute atomic E-state index is 6.44. The van der Waals surface area contributed by atoms with E-state index in [9.17, 15) is 0 Å². The van der Waals surface area contributed by atoms with Crippen molar-refractivity contribution in [1.82, 2.24) is 0 Å². The standard InChI is InChI=1S/C14H18ClNO2/c1-8-12(14(3-4-14)9(2)16)10(15)7-11-13(8)18-6-5-17-11/h7,9H,3-6,16H2,1-2H3. The van der Waals surface area contributed by atoms with Crippen molar-refractivity contribution < 1.29 is 9.47 Å². The van der Waals surface area contributed by atoms with Crippen LogP contribution in [0.5, 0.6) is 11.5 Å². The molecule has 3 nitrogen and oxygen atoms in total. The Morgan fingerprint density at radius 1 is 1.33 bits per heavy atom. The molecule has 0 amide bonds. The van der Waals surface area contributed by atoms with Crippen LogP contribution in [0.4, 0.5) is 0 Å². The summed E-state index contributed by atoms with van der Waals surface area (Å²) in [6.07, 6.45) is 2.20. The molecule has 1 aromatic carbocycles. The van der Waals surface area contributed by atoms with Gasteiger partial charge in [-0.1, -0.05) is 11.6 Å². The minimum atomic E-state index is 0.0387. The number of nitrogens with two attached hydrogens (primary N) is 1. The second-order valence-electron chi connectivity index (χ2n) is 5.33. The molecule has 1 fully saturated rings. The summed E-state index contributed by atoms with van der Waals surface area (Å²) in [7, 11) is 0. The van der Waals surface area contributed by atoms with Crippen molar-refractivity contribution in [3.63, 3.8) is 0 Å². The Hall–Kier alpha value is -0.930. The van der Waals surface area contributed by atoms with E-state index in [4.69, 9.17) is 26.8 Å². The summed E-state index contributed by atoms with van der Waals surface area (Å²) in [5.41, 5.74) is 8.43. The number of halogens is 1. The first-order valence-electron chi connectivity index (χ1n) is 6.41. The van der Waals surface area contributed by atoms with E-state index < -0.39 is 0 Å². The number of benzene rings is 1. The predicted octanol–water partition coefficient (Wildman–Crippen LogP) is 2.80. The van der Waals surface area contributed by atoms with Crippen molar-refractivity contribution in [2.75, 3.05) is 13.2 Å². The summed E-state index contributed by atoms with van der Waals surface area (Å²) in [4.78, 5) is 0. The fourth-order valence-electron chi connectivity index (χ4n) is 2.99. The van der Waals surface area contributed by atoms with Crippen LogP contribution in [0.25, 0.3) is 0 Å². The van der Waals surface area contributed by atoms with E-state index >= 15 is 0 Å². The summed E-state index contributed by atoms with van der Waals surface area (Å²) in [5, 5.41) is 0.756. The zero-order valence-corrected chi connectivity index (χ0v) is 11.5. The highest BCUT2D eigenvalue weighted by atomic mass is 35.5. The van der Waals surface area contributed by atoms with Gasteiger partial charge >= 0.3 is 0 Å². The van der Waals surface area contributed by atoms with Gasteiger partial charge in [0.25, 0.3) is 0 Å². The van der Waals surface area contributed by atoms with E-state index in [2.05, 4.69) is 13.8 Å². The highest BCUT2D eigenvalue weighted by molar-refractivity contribution is 6.32. The molecule has 0 aromatic heterocycles. The number of rotatable bonds is 2. The number of fused-ring (bicyclic) bond motifs is 1. The molecule has 18 heavy (non-hydrogen) atoms. The summed E-state index contributed by atoms with van der Waals surface area (Å²) in [6.45, 7) is 5.29. The van der Waals surface area contributed by atoms with Gasteiger partial charge < -0.3 is 15.2 Å². The first-order chi connectivity index (χ1) is 8.56. The fraction of sp³-hybridized carbons (Fsp3) is 0.571. The molecule has 1 saturated carbocycles. The molecule has 1 unspecified atom stereocenters. The molecular weight excluding hydrogens is 250 g/mol. The topological polar surface area (TPSA) is 44.5 Å². The molecule has 0 saturated heterocycles. The Morgan fingerprint density at radius 2 is 2.00 bits per heavy atom. The molecule has 0 spiro atoms. The third kappa shape index (κ3) is 1.61. The summed E-state index contributed by atoms with van der Waals surface area (Å²) in [6, 6.07) is 1.98. The SMILES string of the molecule is Cc1c2c(cc(Cl)c1C1(C(C)N)CC1)OCCO2. The molecule has 1 aliphatic carbocycles. The molecule has 3 rings (SSSR count). The minimum Gasteiger partial charge on any atom is -0.486 e. The first kappa shape index (κ1) is 12.1. The lowest BCUT2D eigenvalue weighted by Gasteiger charge is -2.28. The van der Waals surface area contributed by atoms with Crippen molar-refractivity contribution in [2.45, 2.75) is 38.1 Å². The Kier molecular flexibility index (Phi) is 2.72. The van der Waals surface area contributed by atoms with E-state index in [1.54, 1.807) is 0 Å². The summed E-state index contributed by atoms with van der Waals surface area (Å²) < 4.78 is 11.3. The van der Waals surface area contributed by atoms with E-state index in [1.165, 1.54) is 0 Å². The maximum Gasteiger partial charge on any atom is 0.164 e. The predicted molar refractivity (Wildman–Crippen MR) is 71.7 cm³/mol. The van der Waals surface area contributed by atoms with Crippen LogP contribution in [-0.2, 0) is 5.41 Å². The van der Waals surface area contributed by atoms with Crippen molar-refractivity contribution in [1.29, 1.82) is 0 Å². The van der Waals surface area contributed by atoms with Crippen LogP contribution in [0.2, 0.25) is 5.02 Å². The molecule has 1 atom stereocenters. The van der Waals surface area contributed by atoms with Crippen molar-refractivity contribution in [3.05, 3.63) is 22.2 Å². The van der Waals surface area contributed by atoms with Crippen molar-refractivity contribution in [3.8, 4) is 11.5 Å². The lowest BCUT2D eigenvalue weighted by atomic mass is 9.86. The summed E-state index contributed by atoms with van der Waals surface area (Å²) >= 11 is 6.44. The quantitative estimate of drug-likeness (QED) is 0.896. The number of hydrogen-bond acceptors (Lipinski definition) is 3. The van der Waals surface area contributed by atoms with Crippen LogP contribution in [0, 0.1) is 6.92 Å². The minimum absolute atomic E-state index is 0.0387. The second-order valence-corrected chi connectivity index (χ2v) is 5.73. The van der Waals surface area contributed by atoms with Gasteiger partial charge in [-0.05, 0) is 32.3 Å². The molecular formula is C14H18ClNO2. The average molecular weight is 268 g/mol. The highest BCUT2D eigenvalue weighted by Crippen LogP contribution is 2.56. The molecule has 1 aromatic rings. The summed E-state index contributed by atoms with van der Waals surface area (Å²) in [5.74, 6) is 1.60. The fourth-order valence-corrected chi connectivity index (χ4v) is 3.42. The second kappa shape index (κ2) is 4.04. The highest BCUT2D eigenvalue weighted by Gasteiger charge is 2.50. The Bertz CT molecular complexity index is 495. The number of ether oxygens (including phenoxy) is 2. The van der Waals surface area contributed by atoms with Crippen molar-refractivity contribution in [2.24, 2.45) is 5.73 Å². The van der Waals surface area contributed by atoms with Gasteiger partial charge in [-0.3, -0.25) is 0 Å². The van der Waals surface area contributed by atoms with Gasteiger partial charge in [0.1, 0.15) is 13.2 Å². The normalized spacial score (nSPS) is 21.6. The van der Waals surface area contributed by atoms with Gasteiger partial charge in [-0.2, -0.15) is 0 Å². The van der Waals surface area contributed by atoms with Crippen LogP contribution in [0.15, 0.2) is 6.07 Å². The molecule has 2 aliphatic rings. The largest absolute Gasteiger partial charge is 0.486 e. The van der Waals surface area contributed by atoms with Crippen LogP contribution >= 0.6 is 11.6 Å². The monoisotopic (exact) mass is 267 g/mol. The average Bonchev–Trinajstić information content (AvgIpc) is 3.10. The Balaban J connectivity index is 2.16. The molecule has 1 aliphatic heterocycles. The zero-order chi connectivity index (χ0) is 12.9. The smallest absolute Gasteiger partial charge is 0.164 e. The molecule has 0 radical (unpaired) electrons. The zero-order valence-electron chi connectivity index (χ0n) is 10.8. The van der Waals surface area contributed by atoms with Crippen molar-refractivity contribution >= 4 is 11.6 Å². The molecule has 2 N–H and O–H groups in total. The van der Waals surface area contributed by atoms with E-state index in [0.29, 0.717) is 13.2 Å². The molecule has 98 valence electrons. The van der Waals surface area contributed by atoms with Crippen LogP contribution in [0.1, 0.15) is 30.9 Å². The maximum atomic E-state index is 6.44. The van der Waals surface area contributed by atoms with Gasteiger partial charge in [0.2, 0.25) is 0 Å². The lowest BCUT2D eigenvalue weighted by Crippen LogP contribution is -2.32. The van der Waals surface area contributed by atoms with E-state index in [1.807, 2.05) is 6.07 Å². The molecule has 0 bridgehead atoms. The van der Waals surface area contributed by atoms with E-state index in [0.717, 1.165) is 40.5 Å². The molecule has 4 heteroatoms. The third-order valence-corrected chi connectivity index (χ3v) is 4.48.